The van der Waals surface area contributed by atoms with E-state index in [0.29, 0.717) is 0 Å². The van der Waals surface area contributed by atoms with E-state index < -0.39 is 0 Å². The molecule has 0 bridgehead atoms. The molecular weight excluding hydrogens is 280 g/mol. The molecule has 2 heterocycles. The van der Waals surface area contributed by atoms with Crippen molar-refractivity contribution in [2.45, 2.75) is 31.7 Å². The number of nitrogens with zero attached hydrogens (tertiary/aromatic N) is 2. The molecule has 1 aromatic heterocycles. The van der Waals surface area contributed by atoms with Crippen LogP contribution in [0.4, 0.5) is 5.69 Å². The molecule has 0 spiro atoms. The van der Waals surface area contributed by atoms with Crippen LogP contribution in [-0.2, 0) is 6.54 Å². The summed E-state index contributed by atoms with van der Waals surface area (Å²) in [6, 6.07) is 15.5. The second kappa shape index (κ2) is 6.07. The van der Waals surface area contributed by atoms with Crippen molar-refractivity contribution in [1.29, 1.82) is 0 Å². The molecule has 2 nitrogen and oxygen atoms in total. The van der Waals surface area contributed by atoms with E-state index >= 15 is 0 Å². The minimum atomic E-state index is 0. The molecule has 3 heteroatoms. The highest BCUT2D eigenvalue weighted by molar-refractivity contribution is 5.48. The molecule has 21 heavy (non-hydrogen) atoms. The van der Waals surface area contributed by atoms with E-state index in [4.69, 9.17) is 0 Å². The highest BCUT2D eigenvalue weighted by atomic mass is 35.5. The zero-order chi connectivity index (χ0) is 13.4. The molecule has 110 valence electrons. The lowest BCUT2D eigenvalue weighted by Crippen LogP contribution is -3.00. The van der Waals surface area contributed by atoms with E-state index in [0.717, 1.165) is 12.5 Å². The molecule has 1 aromatic carbocycles. The summed E-state index contributed by atoms with van der Waals surface area (Å²) < 4.78 is 2.44. The quantitative estimate of drug-likeness (QED) is 0.727. The summed E-state index contributed by atoms with van der Waals surface area (Å²) >= 11 is 0. The average molecular weight is 301 g/mol. The number of aromatic nitrogens is 1. The summed E-state index contributed by atoms with van der Waals surface area (Å²) in [5.41, 5.74) is 4.33. The molecule has 2 aliphatic rings. The van der Waals surface area contributed by atoms with Crippen LogP contribution >= 0.6 is 0 Å². The second-order valence-corrected chi connectivity index (χ2v) is 6.04. The van der Waals surface area contributed by atoms with Gasteiger partial charge in [0.15, 0.2) is 18.4 Å². The van der Waals surface area contributed by atoms with Crippen molar-refractivity contribution < 1.29 is 17.0 Å². The van der Waals surface area contributed by atoms with Crippen LogP contribution in [0.2, 0.25) is 0 Å². The van der Waals surface area contributed by atoms with Gasteiger partial charge < -0.3 is 17.3 Å². The molecule has 0 N–H and O–H groups in total. The van der Waals surface area contributed by atoms with Gasteiger partial charge >= 0.3 is 0 Å². The van der Waals surface area contributed by atoms with E-state index in [-0.39, 0.29) is 12.4 Å². The summed E-state index contributed by atoms with van der Waals surface area (Å²) in [5, 5.41) is 0. The Morgan fingerprint density at radius 3 is 2.43 bits per heavy atom. The van der Waals surface area contributed by atoms with Crippen LogP contribution in [0.3, 0.4) is 0 Å². The molecule has 0 amide bonds. The predicted octanol–water partition coefficient (Wildman–Crippen LogP) is 0.114. The molecule has 0 unspecified atom stereocenters. The third kappa shape index (κ3) is 3.06. The minimum absolute atomic E-state index is 0. The zero-order valence-electron chi connectivity index (χ0n) is 12.2. The maximum Gasteiger partial charge on any atom is 0.186 e. The lowest BCUT2D eigenvalue weighted by molar-refractivity contribution is -0.695. The average Bonchev–Trinajstić information content (AvgIpc) is 3.24. The highest BCUT2D eigenvalue weighted by Crippen LogP contribution is 2.39. The molecule has 1 saturated heterocycles. The van der Waals surface area contributed by atoms with Crippen LogP contribution in [0, 0.1) is 0 Å². The zero-order valence-corrected chi connectivity index (χ0v) is 13.0. The molecule has 2 fully saturated rings. The fourth-order valence-electron chi connectivity index (χ4n) is 2.96. The Bertz CT molecular complexity index is 604. The largest absolute Gasteiger partial charge is 1.00 e. The van der Waals surface area contributed by atoms with E-state index in [1.54, 1.807) is 0 Å². The van der Waals surface area contributed by atoms with Crippen LogP contribution in [0.1, 0.15) is 36.4 Å². The maximum atomic E-state index is 2.48. The summed E-state index contributed by atoms with van der Waals surface area (Å²) in [7, 11) is 0. The fraction of sp³-hybridized carbons (Fsp3) is 0.389. The molecule has 1 aliphatic carbocycles. The number of anilines is 1. The Labute approximate surface area is 132 Å². The van der Waals surface area contributed by atoms with Gasteiger partial charge in [-0.25, -0.2) is 0 Å². The predicted molar refractivity (Wildman–Crippen MR) is 81.0 cm³/mol. The first kappa shape index (κ1) is 14.4. The topological polar surface area (TPSA) is 7.12 Å². The first-order valence-electron chi connectivity index (χ1n) is 7.72. The van der Waals surface area contributed by atoms with Crippen LogP contribution < -0.4 is 21.9 Å². The lowest BCUT2D eigenvalue weighted by atomic mass is 10.1. The lowest BCUT2D eigenvalue weighted by Gasteiger charge is -2.32. The summed E-state index contributed by atoms with van der Waals surface area (Å²) in [6.45, 7) is 3.45. The number of rotatable bonds is 4. The number of pyridine rings is 1. The van der Waals surface area contributed by atoms with Crippen molar-refractivity contribution in [1.82, 2.24) is 0 Å². The van der Waals surface area contributed by atoms with Gasteiger partial charge in [0.1, 0.15) is 0 Å². The van der Waals surface area contributed by atoms with E-state index in [9.17, 15) is 0 Å². The first-order valence-corrected chi connectivity index (χ1v) is 7.72. The van der Waals surface area contributed by atoms with Crippen molar-refractivity contribution in [3.8, 4) is 0 Å². The van der Waals surface area contributed by atoms with Gasteiger partial charge in [0.25, 0.3) is 0 Å². The standard InChI is InChI=1S/C18H21N2.ClH/c1-2-5-15(6-3-1)14-20-12-9-17(19-10-4-11-19)13-18(20)16-7-8-16;/h1-3,5-6,9,12-13,16H,4,7-8,10-11,14H2;1H/q+1;/p-1. The van der Waals surface area contributed by atoms with Gasteiger partial charge in [-0.1, -0.05) is 30.3 Å². The summed E-state index contributed by atoms with van der Waals surface area (Å²) in [6.07, 6.45) is 6.35. The summed E-state index contributed by atoms with van der Waals surface area (Å²) in [5.74, 6) is 0.792. The van der Waals surface area contributed by atoms with Crippen LogP contribution in [0.5, 0.6) is 0 Å². The maximum absolute atomic E-state index is 2.48. The molecular formula is C18H21ClN2. The van der Waals surface area contributed by atoms with Crippen molar-refractivity contribution in [3.63, 3.8) is 0 Å². The molecule has 2 aromatic rings. The van der Waals surface area contributed by atoms with Crippen LogP contribution in [0.25, 0.3) is 0 Å². The van der Waals surface area contributed by atoms with Gasteiger partial charge in [0.05, 0.1) is 0 Å². The minimum Gasteiger partial charge on any atom is -1.00 e. The van der Waals surface area contributed by atoms with Gasteiger partial charge in [0, 0.05) is 42.4 Å². The third-order valence-corrected chi connectivity index (χ3v) is 4.47. The number of hydrogen-bond donors (Lipinski definition) is 0. The molecule has 1 saturated carbocycles. The smallest absolute Gasteiger partial charge is 0.186 e. The Hall–Kier alpha value is -1.54. The summed E-state index contributed by atoms with van der Waals surface area (Å²) in [4.78, 5) is 2.48. The molecule has 1 aliphatic heterocycles. The number of hydrogen-bond acceptors (Lipinski definition) is 1. The van der Waals surface area contributed by atoms with Gasteiger partial charge in [0.2, 0.25) is 0 Å². The Morgan fingerprint density at radius 2 is 1.81 bits per heavy atom. The Kier molecular flexibility index (Phi) is 4.16. The highest BCUT2D eigenvalue weighted by Gasteiger charge is 2.33. The van der Waals surface area contributed by atoms with Gasteiger partial charge in [-0.15, -0.1) is 0 Å². The van der Waals surface area contributed by atoms with Crippen molar-refractivity contribution >= 4 is 5.69 Å². The molecule has 4 rings (SSSR count). The third-order valence-electron chi connectivity index (χ3n) is 4.47. The first-order chi connectivity index (χ1) is 9.90. The second-order valence-electron chi connectivity index (χ2n) is 6.04. The fourth-order valence-corrected chi connectivity index (χ4v) is 2.96. The molecule has 0 radical (unpaired) electrons. The van der Waals surface area contributed by atoms with Gasteiger partial charge in [-0.3, -0.25) is 0 Å². The number of benzene rings is 1. The normalized spacial score (nSPS) is 17.0. The van der Waals surface area contributed by atoms with E-state index in [1.807, 2.05) is 0 Å². The number of halogens is 1. The van der Waals surface area contributed by atoms with Crippen LogP contribution in [0.15, 0.2) is 48.7 Å². The van der Waals surface area contributed by atoms with Crippen molar-refractivity contribution in [3.05, 3.63) is 59.9 Å². The Balaban J connectivity index is 0.00000132. The van der Waals surface area contributed by atoms with Gasteiger partial charge in [-0.05, 0) is 19.3 Å². The molecule has 0 atom stereocenters. The monoisotopic (exact) mass is 300 g/mol. The van der Waals surface area contributed by atoms with Gasteiger partial charge in [-0.2, -0.15) is 4.57 Å². The van der Waals surface area contributed by atoms with E-state index in [1.165, 1.54) is 49.3 Å². The Morgan fingerprint density at radius 1 is 1.05 bits per heavy atom. The van der Waals surface area contributed by atoms with E-state index in [2.05, 4.69) is 58.1 Å². The SMILES string of the molecule is [Cl-].c1ccc(C[n+]2ccc(N3CCC3)cc2C2CC2)cc1. The van der Waals surface area contributed by atoms with Crippen LogP contribution in [-0.4, -0.2) is 13.1 Å². The van der Waals surface area contributed by atoms with Crippen molar-refractivity contribution in [2.75, 3.05) is 18.0 Å². The van der Waals surface area contributed by atoms with Crippen molar-refractivity contribution in [2.24, 2.45) is 0 Å².